The first-order valence-corrected chi connectivity index (χ1v) is 9.44. The smallest absolute Gasteiger partial charge is 0.332 e. The maximum absolute atomic E-state index is 14.2. The first-order valence-electron chi connectivity index (χ1n) is 9.44. The lowest BCUT2D eigenvalue weighted by atomic mass is 9.74. The summed E-state index contributed by atoms with van der Waals surface area (Å²) >= 11 is 0. The van der Waals surface area contributed by atoms with E-state index in [1.807, 2.05) is 0 Å². The molecule has 8 heteroatoms. The van der Waals surface area contributed by atoms with Crippen molar-refractivity contribution in [1.29, 1.82) is 0 Å². The maximum atomic E-state index is 14.2. The Morgan fingerprint density at radius 1 is 1.21 bits per heavy atom. The highest BCUT2D eigenvalue weighted by atomic mass is 19.1. The largest absolute Gasteiger partial charge is 0.490 e. The van der Waals surface area contributed by atoms with Crippen LogP contribution in [0.1, 0.15) is 19.8 Å². The summed E-state index contributed by atoms with van der Waals surface area (Å²) in [5, 5.41) is 19.3. The fraction of sp³-hybridized carbons (Fsp3) is 0.429. The van der Waals surface area contributed by atoms with Crippen LogP contribution in [0.3, 0.4) is 0 Å². The third-order valence-electron chi connectivity index (χ3n) is 5.82. The van der Waals surface area contributed by atoms with Crippen LogP contribution in [0.25, 0.3) is 0 Å². The van der Waals surface area contributed by atoms with Gasteiger partial charge in [0.1, 0.15) is 11.4 Å². The van der Waals surface area contributed by atoms with Crippen LogP contribution in [-0.2, 0) is 9.59 Å². The summed E-state index contributed by atoms with van der Waals surface area (Å²) in [6.45, 7) is 2.44. The van der Waals surface area contributed by atoms with Crippen molar-refractivity contribution in [2.45, 2.75) is 25.3 Å². The van der Waals surface area contributed by atoms with E-state index in [9.17, 15) is 28.6 Å². The zero-order chi connectivity index (χ0) is 21.2. The number of hydrogen-bond donors (Lipinski definition) is 2. The zero-order valence-electron chi connectivity index (χ0n) is 16.0. The van der Waals surface area contributed by atoms with Gasteiger partial charge in [-0.1, -0.05) is 19.1 Å². The molecular weight excluding hydrogens is 384 g/mol. The number of piperidine rings is 1. The lowest BCUT2D eigenvalue weighted by molar-refractivity contribution is -0.152. The molecule has 2 atom stereocenters. The van der Waals surface area contributed by atoms with Crippen LogP contribution in [0.2, 0.25) is 0 Å². The standard InChI is InChI=1S/C21H23F2NO5/c1-13-16(19(25)26)10-15(22)11-21(13,20(27)28)24-8-6-14(7-9-24)12-29-18-5-3-2-4-17(18)23/h2-5,10-11,13-14H,6-9,12H2,1H3,(H,25,26)(H,27,28). The van der Waals surface area contributed by atoms with Crippen LogP contribution < -0.4 is 4.74 Å². The number of halogens is 2. The first-order chi connectivity index (χ1) is 13.8. The molecule has 0 amide bonds. The molecule has 1 aliphatic carbocycles. The lowest BCUT2D eigenvalue weighted by Gasteiger charge is -2.47. The molecular formula is C21H23F2NO5. The van der Waals surface area contributed by atoms with Gasteiger partial charge in [0.05, 0.1) is 6.61 Å². The lowest BCUT2D eigenvalue weighted by Crippen LogP contribution is -2.61. The number of carboxylic acid groups (broad SMARTS) is 2. The van der Waals surface area contributed by atoms with E-state index >= 15 is 0 Å². The summed E-state index contributed by atoms with van der Waals surface area (Å²) in [7, 11) is 0. The Morgan fingerprint density at radius 3 is 2.45 bits per heavy atom. The number of likely N-dealkylation sites (tertiary alicyclic amines) is 1. The molecule has 0 radical (unpaired) electrons. The minimum absolute atomic E-state index is 0.0823. The average molecular weight is 407 g/mol. The summed E-state index contributed by atoms with van der Waals surface area (Å²) in [5.41, 5.74) is -2.03. The van der Waals surface area contributed by atoms with E-state index in [-0.39, 0.29) is 23.8 Å². The number of rotatable bonds is 6. The van der Waals surface area contributed by atoms with Crippen LogP contribution in [0.15, 0.2) is 47.8 Å². The molecule has 1 saturated heterocycles. The summed E-state index contributed by atoms with van der Waals surface area (Å²) in [6.07, 6.45) is 3.02. The van der Waals surface area contributed by atoms with E-state index in [4.69, 9.17) is 4.74 Å². The molecule has 1 heterocycles. The molecule has 1 aromatic carbocycles. The van der Waals surface area contributed by atoms with Gasteiger partial charge in [0.2, 0.25) is 0 Å². The second-order valence-electron chi connectivity index (χ2n) is 7.46. The second-order valence-corrected chi connectivity index (χ2v) is 7.46. The molecule has 6 nitrogen and oxygen atoms in total. The molecule has 0 spiro atoms. The van der Waals surface area contributed by atoms with E-state index in [1.165, 1.54) is 13.0 Å². The van der Waals surface area contributed by atoms with E-state index in [1.54, 1.807) is 23.1 Å². The molecule has 2 unspecified atom stereocenters. The molecule has 0 bridgehead atoms. The fourth-order valence-corrected chi connectivity index (χ4v) is 4.12. The van der Waals surface area contributed by atoms with Crippen molar-refractivity contribution >= 4 is 11.9 Å². The van der Waals surface area contributed by atoms with Gasteiger partial charge >= 0.3 is 11.9 Å². The second kappa shape index (κ2) is 8.32. The van der Waals surface area contributed by atoms with Gasteiger partial charge in [0, 0.05) is 11.5 Å². The quantitative estimate of drug-likeness (QED) is 0.753. The first kappa shape index (κ1) is 21.0. The predicted molar refractivity (Wildman–Crippen MR) is 101 cm³/mol. The number of allylic oxidation sites excluding steroid dienone is 2. The normalized spacial score (nSPS) is 25.8. The third-order valence-corrected chi connectivity index (χ3v) is 5.82. The van der Waals surface area contributed by atoms with Crippen molar-refractivity contribution in [3.8, 4) is 5.75 Å². The molecule has 0 aromatic heterocycles. The van der Waals surface area contributed by atoms with Crippen molar-refractivity contribution in [2.75, 3.05) is 19.7 Å². The van der Waals surface area contributed by atoms with Crippen LogP contribution in [0, 0.1) is 17.7 Å². The molecule has 1 aliphatic heterocycles. The minimum Gasteiger partial charge on any atom is -0.490 e. The van der Waals surface area contributed by atoms with Gasteiger partial charge < -0.3 is 14.9 Å². The Hall–Kier alpha value is -2.74. The number of carbonyl (C=O) groups is 2. The van der Waals surface area contributed by atoms with E-state index in [0.717, 1.165) is 12.2 Å². The Bertz CT molecular complexity index is 860. The summed E-state index contributed by atoms with van der Waals surface area (Å²) < 4.78 is 33.4. The Kier molecular flexibility index (Phi) is 6.02. The van der Waals surface area contributed by atoms with Gasteiger partial charge in [-0.05, 0) is 56.1 Å². The van der Waals surface area contributed by atoms with Gasteiger partial charge in [-0.2, -0.15) is 0 Å². The van der Waals surface area contributed by atoms with Gasteiger partial charge in [0.15, 0.2) is 11.6 Å². The Labute approximate surface area is 167 Å². The van der Waals surface area contributed by atoms with Crippen LogP contribution in [0.4, 0.5) is 8.78 Å². The molecule has 3 rings (SSSR count). The van der Waals surface area contributed by atoms with Crippen LogP contribution in [0.5, 0.6) is 5.75 Å². The number of aliphatic carboxylic acids is 2. The number of hydrogen-bond acceptors (Lipinski definition) is 4. The van der Waals surface area contributed by atoms with E-state index in [0.29, 0.717) is 25.9 Å². The summed E-state index contributed by atoms with van der Waals surface area (Å²) in [5.74, 6) is -4.61. The van der Waals surface area contributed by atoms with Gasteiger partial charge in [-0.3, -0.25) is 4.90 Å². The predicted octanol–water partition coefficient (Wildman–Crippen LogP) is 3.25. The Balaban J connectivity index is 1.71. The molecule has 29 heavy (non-hydrogen) atoms. The van der Waals surface area contributed by atoms with Crippen molar-refractivity contribution in [3.05, 3.63) is 53.6 Å². The van der Waals surface area contributed by atoms with E-state index in [2.05, 4.69) is 0 Å². The molecule has 2 N–H and O–H groups in total. The maximum Gasteiger partial charge on any atom is 0.332 e. The van der Waals surface area contributed by atoms with E-state index < -0.39 is 35.0 Å². The summed E-state index contributed by atoms with van der Waals surface area (Å²) in [6, 6.07) is 6.11. The average Bonchev–Trinajstić information content (AvgIpc) is 2.69. The number of para-hydroxylation sites is 1. The van der Waals surface area contributed by atoms with Crippen molar-refractivity contribution in [2.24, 2.45) is 11.8 Å². The van der Waals surface area contributed by atoms with Crippen molar-refractivity contribution < 1.29 is 33.3 Å². The molecule has 1 aromatic rings. The number of carboxylic acids is 2. The van der Waals surface area contributed by atoms with Crippen LogP contribution in [-0.4, -0.2) is 52.3 Å². The van der Waals surface area contributed by atoms with Gasteiger partial charge in [-0.25, -0.2) is 18.4 Å². The highest BCUT2D eigenvalue weighted by Gasteiger charge is 2.52. The fourth-order valence-electron chi connectivity index (χ4n) is 4.12. The third kappa shape index (κ3) is 4.03. The van der Waals surface area contributed by atoms with Crippen molar-refractivity contribution in [1.82, 2.24) is 4.90 Å². The topological polar surface area (TPSA) is 87.1 Å². The molecule has 0 saturated carbocycles. The van der Waals surface area contributed by atoms with Crippen molar-refractivity contribution in [3.63, 3.8) is 0 Å². The minimum atomic E-state index is -1.76. The SMILES string of the molecule is CC1C(C(=O)O)=CC(F)=CC1(C(=O)O)N1CCC(COc2ccccc2F)CC1. The highest BCUT2D eigenvalue weighted by Crippen LogP contribution is 2.40. The molecule has 156 valence electrons. The monoisotopic (exact) mass is 407 g/mol. The number of benzene rings is 1. The summed E-state index contributed by atoms with van der Waals surface area (Å²) in [4.78, 5) is 25.3. The van der Waals surface area contributed by atoms with Gasteiger partial charge in [-0.15, -0.1) is 0 Å². The van der Waals surface area contributed by atoms with Crippen LogP contribution >= 0.6 is 0 Å². The number of ether oxygens (including phenoxy) is 1. The Morgan fingerprint density at radius 2 is 1.86 bits per heavy atom. The zero-order valence-corrected chi connectivity index (χ0v) is 16.0. The van der Waals surface area contributed by atoms with Gasteiger partial charge in [0.25, 0.3) is 0 Å². The number of nitrogens with zero attached hydrogens (tertiary/aromatic N) is 1. The molecule has 2 aliphatic rings. The highest BCUT2D eigenvalue weighted by molar-refractivity contribution is 5.93. The molecule has 1 fully saturated rings.